The van der Waals surface area contributed by atoms with Gasteiger partial charge in [-0.05, 0) is 18.2 Å². The number of carbonyl (C=O) groups excluding carboxylic acids is 1. The van der Waals surface area contributed by atoms with E-state index >= 15 is 0 Å². The molecular weight excluding hydrogens is 378 g/mol. The molecule has 0 aliphatic carbocycles. The Morgan fingerprint density at radius 3 is 2.70 bits per heavy atom. The Hall–Kier alpha value is -3.39. The number of hydrogen-bond donors (Lipinski definition) is 0. The molecule has 1 aromatic heterocycles. The van der Waals surface area contributed by atoms with Crippen molar-refractivity contribution in [2.24, 2.45) is 0 Å². The van der Waals surface area contributed by atoms with Crippen molar-refractivity contribution in [2.45, 2.75) is 6.61 Å². The van der Waals surface area contributed by atoms with Crippen molar-refractivity contribution < 1.29 is 23.6 Å². The first-order chi connectivity index (χ1) is 12.9. The maximum Gasteiger partial charge on any atom is 0.340 e. The van der Waals surface area contributed by atoms with Gasteiger partial charge in [0.05, 0.1) is 22.6 Å². The van der Waals surface area contributed by atoms with Crippen LogP contribution in [-0.2, 0) is 11.3 Å². The van der Waals surface area contributed by atoms with Gasteiger partial charge in [-0.15, -0.1) is 0 Å². The first kappa shape index (κ1) is 18.4. The van der Waals surface area contributed by atoms with Crippen molar-refractivity contribution in [3.05, 3.63) is 79.1 Å². The monoisotopic (exact) mass is 389 g/mol. The van der Waals surface area contributed by atoms with E-state index in [-0.39, 0.29) is 28.5 Å². The molecule has 3 rings (SSSR count). The number of ether oxygens (including phenoxy) is 2. The molecule has 8 nitrogen and oxygen atoms in total. The van der Waals surface area contributed by atoms with Crippen molar-refractivity contribution in [1.82, 2.24) is 0 Å². The van der Waals surface area contributed by atoms with Crippen LogP contribution in [0.4, 0.5) is 5.69 Å². The zero-order chi connectivity index (χ0) is 19.6. The van der Waals surface area contributed by atoms with E-state index in [1.807, 2.05) is 0 Å². The third kappa shape index (κ3) is 3.90. The van der Waals surface area contributed by atoms with E-state index in [0.717, 1.165) is 6.07 Å². The van der Waals surface area contributed by atoms with Gasteiger partial charge in [-0.3, -0.25) is 10.1 Å². The molecule has 2 aromatic carbocycles. The van der Waals surface area contributed by atoms with Crippen molar-refractivity contribution >= 4 is 34.2 Å². The quantitative estimate of drug-likeness (QED) is 0.283. The summed E-state index contributed by atoms with van der Waals surface area (Å²) in [6.45, 7) is -0.244. The highest BCUT2D eigenvalue weighted by molar-refractivity contribution is 6.33. The summed E-state index contributed by atoms with van der Waals surface area (Å²) >= 11 is 5.93. The number of nitrogens with zero attached hydrogens (tertiary/aromatic N) is 1. The Labute approximate surface area is 157 Å². The van der Waals surface area contributed by atoms with Crippen LogP contribution < -0.4 is 10.4 Å². The van der Waals surface area contributed by atoms with Crippen LogP contribution in [0.25, 0.3) is 11.0 Å². The predicted octanol–water partition coefficient (Wildman–Crippen LogP) is 3.72. The van der Waals surface area contributed by atoms with Gasteiger partial charge in [0.15, 0.2) is 0 Å². The summed E-state index contributed by atoms with van der Waals surface area (Å²) in [7, 11) is 1.48. The van der Waals surface area contributed by atoms with E-state index in [2.05, 4.69) is 0 Å². The topological polar surface area (TPSA) is 109 Å². The lowest BCUT2D eigenvalue weighted by molar-refractivity contribution is -0.384. The molecule has 0 atom stereocenters. The van der Waals surface area contributed by atoms with Crippen molar-refractivity contribution in [3.8, 4) is 5.75 Å². The molecule has 0 aliphatic rings. The number of carbonyl (C=O) groups is 1. The molecule has 138 valence electrons. The number of benzene rings is 2. The summed E-state index contributed by atoms with van der Waals surface area (Å²) in [6.07, 6.45) is 0. The van der Waals surface area contributed by atoms with Crippen LogP contribution in [0.5, 0.6) is 5.75 Å². The highest BCUT2D eigenvalue weighted by Gasteiger charge is 2.18. The summed E-state index contributed by atoms with van der Waals surface area (Å²) < 4.78 is 15.4. The minimum Gasteiger partial charge on any atom is -0.497 e. The third-order valence-corrected chi connectivity index (χ3v) is 4.11. The van der Waals surface area contributed by atoms with Crippen LogP contribution in [0, 0.1) is 10.1 Å². The number of esters is 1. The minimum absolute atomic E-state index is 0.0211. The Balaban J connectivity index is 1.89. The molecule has 0 radical (unpaired) electrons. The summed E-state index contributed by atoms with van der Waals surface area (Å²) in [5.74, 6) is -0.346. The van der Waals surface area contributed by atoms with E-state index in [1.54, 1.807) is 18.2 Å². The van der Waals surface area contributed by atoms with Crippen molar-refractivity contribution in [3.63, 3.8) is 0 Å². The lowest BCUT2D eigenvalue weighted by Gasteiger charge is -2.09. The van der Waals surface area contributed by atoms with Crippen LogP contribution in [0.15, 0.2) is 51.7 Å². The molecule has 27 heavy (non-hydrogen) atoms. The highest BCUT2D eigenvalue weighted by atomic mass is 35.5. The Bertz CT molecular complexity index is 1110. The van der Waals surface area contributed by atoms with Crippen molar-refractivity contribution in [2.75, 3.05) is 7.11 Å². The predicted molar refractivity (Wildman–Crippen MR) is 96.3 cm³/mol. The average Bonchev–Trinajstić information content (AvgIpc) is 2.65. The van der Waals surface area contributed by atoms with Gasteiger partial charge in [-0.2, -0.15) is 0 Å². The standard InChI is InChI=1S/C18H12ClNO7/c1-25-12-3-4-13-10(6-17(21)27-16(13)8-12)9-26-18(22)14-7-11(20(23)24)2-5-15(14)19/h2-8H,9H2,1H3. The Morgan fingerprint density at radius 2 is 2.00 bits per heavy atom. The smallest absolute Gasteiger partial charge is 0.340 e. The second kappa shape index (κ2) is 7.46. The normalized spacial score (nSPS) is 10.6. The van der Waals surface area contributed by atoms with Gasteiger partial charge < -0.3 is 13.9 Å². The van der Waals surface area contributed by atoms with Crippen LogP contribution in [0.1, 0.15) is 15.9 Å². The van der Waals surface area contributed by atoms with E-state index in [1.165, 1.54) is 25.3 Å². The molecule has 9 heteroatoms. The largest absolute Gasteiger partial charge is 0.497 e. The lowest BCUT2D eigenvalue weighted by atomic mass is 10.1. The molecule has 0 bridgehead atoms. The van der Waals surface area contributed by atoms with Crippen LogP contribution in [0.2, 0.25) is 5.02 Å². The molecule has 1 heterocycles. The second-order valence-electron chi connectivity index (χ2n) is 5.45. The zero-order valence-electron chi connectivity index (χ0n) is 13.9. The molecule has 3 aromatic rings. The van der Waals surface area contributed by atoms with E-state index in [9.17, 15) is 19.7 Å². The number of nitro benzene ring substituents is 1. The van der Waals surface area contributed by atoms with Gasteiger partial charge in [0.25, 0.3) is 5.69 Å². The molecule has 0 N–H and O–H groups in total. The molecule has 0 amide bonds. The molecular formula is C18H12ClNO7. The van der Waals surface area contributed by atoms with Gasteiger partial charge in [-0.25, -0.2) is 9.59 Å². The summed E-state index contributed by atoms with van der Waals surface area (Å²) in [4.78, 5) is 34.2. The SMILES string of the molecule is COc1ccc2c(COC(=O)c3cc([N+](=O)[O-])ccc3Cl)cc(=O)oc2c1. The maximum atomic E-state index is 12.3. The third-order valence-electron chi connectivity index (χ3n) is 3.78. The van der Waals surface area contributed by atoms with Gasteiger partial charge in [0, 0.05) is 35.2 Å². The number of non-ortho nitro benzene ring substituents is 1. The van der Waals surface area contributed by atoms with Crippen molar-refractivity contribution in [1.29, 1.82) is 0 Å². The molecule has 0 fully saturated rings. The maximum absolute atomic E-state index is 12.3. The molecule has 0 aliphatic heterocycles. The Morgan fingerprint density at radius 1 is 1.22 bits per heavy atom. The number of halogens is 1. The fourth-order valence-electron chi connectivity index (χ4n) is 2.46. The van der Waals surface area contributed by atoms with Gasteiger partial charge in [0.2, 0.25) is 0 Å². The zero-order valence-corrected chi connectivity index (χ0v) is 14.7. The number of fused-ring (bicyclic) bond motifs is 1. The molecule has 0 saturated heterocycles. The molecule has 0 spiro atoms. The molecule has 0 unspecified atom stereocenters. The van der Waals surface area contributed by atoms with E-state index in [4.69, 9.17) is 25.5 Å². The first-order valence-electron chi connectivity index (χ1n) is 7.61. The van der Waals surface area contributed by atoms with Crippen LogP contribution in [-0.4, -0.2) is 18.0 Å². The minimum atomic E-state index is -0.849. The summed E-state index contributed by atoms with van der Waals surface area (Å²) in [5, 5.41) is 11.4. The van der Waals surface area contributed by atoms with Gasteiger partial charge in [0.1, 0.15) is 17.9 Å². The summed E-state index contributed by atoms with van der Waals surface area (Å²) in [5.41, 5.74) is -0.348. The summed E-state index contributed by atoms with van der Waals surface area (Å²) in [6, 6.07) is 9.55. The number of nitro groups is 1. The van der Waals surface area contributed by atoms with E-state index in [0.29, 0.717) is 16.7 Å². The Kier molecular flexibility index (Phi) is 5.09. The first-order valence-corrected chi connectivity index (χ1v) is 7.98. The highest BCUT2D eigenvalue weighted by Crippen LogP contribution is 2.25. The second-order valence-corrected chi connectivity index (χ2v) is 5.86. The van der Waals surface area contributed by atoms with Gasteiger partial charge >= 0.3 is 11.6 Å². The van der Waals surface area contributed by atoms with E-state index < -0.39 is 16.5 Å². The van der Waals surface area contributed by atoms with Crippen LogP contribution >= 0.6 is 11.6 Å². The molecule has 0 saturated carbocycles. The lowest BCUT2D eigenvalue weighted by Crippen LogP contribution is -2.09. The fourth-order valence-corrected chi connectivity index (χ4v) is 2.66. The van der Waals surface area contributed by atoms with Crippen LogP contribution in [0.3, 0.4) is 0 Å². The fraction of sp³-hybridized carbons (Fsp3) is 0.111. The van der Waals surface area contributed by atoms with Gasteiger partial charge in [-0.1, -0.05) is 11.6 Å². The number of hydrogen-bond acceptors (Lipinski definition) is 7. The number of methoxy groups -OCH3 is 1. The number of rotatable bonds is 5. The average molecular weight is 390 g/mol.